The Hall–Kier alpha value is -3.47. The van der Waals surface area contributed by atoms with Crippen LogP contribution in [0.25, 0.3) is 22.2 Å². The summed E-state index contributed by atoms with van der Waals surface area (Å²) in [4.78, 5) is 11.2. The fraction of sp³-hybridized carbons (Fsp3) is 0.130. The molecule has 0 aliphatic carbocycles. The molecule has 4 rings (SSSR count). The number of hydrogen-bond donors (Lipinski definition) is 0. The molecule has 4 nitrogen and oxygen atoms in total. The molecule has 0 N–H and O–H groups in total. The number of para-hydroxylation sites is 1. The number of nitrogens with zero attached hydrogens (tertiary/aromatic N) is 2. The van der Waals surface area contributed by atoms with Gasteiger partial charge in [-0.15, -0.1) is 0 Å². The number of benzene rings is 3. The van der Waals surface area contributed by atoms with E-state index in [0.29, 0.717) is 0 Å². The van der Waals surface area contributed by atoms with Crippen molar-refractivity contribution < 1.29 is 9.31 Å². The van der Waals surface area contributed by atoms with Crippen molar-refractivity contribution >= 4 is 10.9 Å². The molecule has 1 aromatic heterocycles. The highest BCUT2D eigenvalue weighted by molar-refractivity contribution is 5.93. The van der Waals surface area contributed by atoms with Crippen LogP contribution in [0.2, 0.25) is 0 Å². The topological polar surface area (TPSA) is 48.1 Å². The number of aryl methyl sites for hydroxylation is 1. The van der Waals surface area contributed by atoms with Gasteiger partial charge in [-0.05, 0) is 34.9 Å². The monoisotopic (exact) mass is 374 g/mol. The number of fused-ring (bicyclic) bond motifs is 1. The Morgan fingerprint density at radius 2 is 1.61 bits per heavy atom. The summed E-state index contributed by atoms with van der Waals surface area (Å²) in [5.74, 6) is -0.846. The van der Waals surface area contributed by atoms with Gasteiger partial charge in [0.15, 0.2) is 0 Å². The lowest BCUT2D eigenvalue weighted by molar-refractivity contribution is -0.481. The maximum absolute atomic E-state index is 13.5. The molecule has 1 atom stereocenters. The molecule has 0 bridgehead atoms. The molecule has 5 heteroatoms. The summed E-state index contributed by atoms with van der Waals surface area (Å²) in [5, 5.41) is 12.5. The van der Waals surface area contributed by atoms with Crippen LogP contribution >= 0.6 is 0 Å². The van der Waals surface area contributed by atoms with Gasteiger partial charge in [-0.1, -0.05) is 60.7 Å². The minimum Gasteiger partial charge on any atom is -0.343 e. The van der Waals surface area contributed by atoms with Crippen LogP contribution in [0.15, 0.2) is 78.9 Å². The molecule has 140 valence electrons. The van der Waals surface area contributed by atoms with E-state index in [9.17, 15) is 14.5 Å². The van der Waals surface area contributed by atoms with Crippen LogP contribution in [-0.2, 0) is 7.05 Å². The average Bonchev–Trinajstić information content (AvgIpc) is 3.00. The van der Waals surface area contributed by atoms with Crippen molar-refractivity contribution in [2.45, 2.75) is 5.92 Å². The highest BCUT2D eigenvalue weighted by Gasteiger charge is 2.28. The van der Waals surface area contributed by atoms with Gasteiger partial charge in [0.25, 0.3) is 0 Å². The maximum Gasteiger partial charge on any atom is 0.214 e. The molecule has 0 fully saturated rings. The summed E-state index contributed by atoms with van der Waals surface area (Å²) < 4.78 is 15.6. The van der Waals surface area contributed by atoms with Crippen LogP contribution < -0.4 is 0 Å². The molecule has 0 radical (unpaired) electrons. The molecule has 0 saturated heterocycles. The van der Waals surface area contributed by atoms with E-state index in [1.165, 1.54) is 12.1 Å². The van der Waals surface area contributed by atoms with Gasteiger partial charge < -0.3 is 4.57 Å². The normalized spacial score (nSPS) is 12.2. The third-order valence-corrected chi connectivity index (χ3v) is 5.15. The molecular formula is C23H19FN2O2. The van der Waals surface area contributed by atoms with E-state index < -0.39 is 5.92 Å². The summed E-state index contributed by atoms with van der Waals surface area (Å²) in [6.45, 7) is -0.264. The standard InChI is InChI=1S/C23H19FN2O2/c1-25-21-10-6-5-9-19(21)22(23(25)17-7-3-2-4-8-17)20(15-26(27)28)16-11-13-18(24)14-12-16/h2-14,20H,15H2,1H3/t20-/m0/s1. The Kier molecular flexibility index (Phi) is 4.65. The largest absolute Gasteiger partial charge is 0.343 e. The first kappa shape index (κ1) is 17.9. The van der Waals surface area contributed by atoms with E-state index >= 15 is 0 Å². The second-order valence-corrected chi connectivity index (χ2v) is 6.82. The van der Waals surface area contributed by atoms with Gasteiger partial charge in [-0.25, -0.2) is 4.39 Å². The molecule has 0 amide bonds. The number of hydrogen-bond acceptors (Lipinski definition) is 2. The molecule has 0 saturated carbocycles. The van der Waals surface area contributed by atoms with Gasteiger partial charge in [-0.3, -0.25) is 10.1 Å². The van der Waals surface area contributed by atoms with E-state index in [-0.39, 0.29) is 17.3 Å². The Morgan fingerprint density at radius 3 is 2.29 bits per heavy atom. The number of halogens is 1. The zero-order valence-corrected chi connectivity index (χ0v) is 15.4. The molecular weight excluding hydrogens is 355 g/mol. The molecule has 0 aliphatic rings. The summed E-state index contributed by atoms with van der Waals surface area (Å²) in [6.07, 6.45) is 0. The van der Waals surface area contributed by atoms with Crippen LogP contribution in [0.1, 0.15) is 17.0 Å². The number of nitro groups is 1. The van der Waals surface area contributed by atoms with Crippen molar-refractivity contribution in [3.63, 3.8) is 0 Å². The van der Waals surface area contributed by atoms with E-state index in [2.05, 4.69) is 4.57 Å². The minimum absolute atomic E-state index is 0.264. The highest BCUT2D eigenvalue weighted by Crippen LogP contribution is 2.40. The van der Waals surface area contributed by atoms with Crippen molar-refractivity contribution in [2.24, 2.45) is 7.05 Å². The molecule has 28 heavy (non-hydrogen) atoms. The number of aromatic nitrogens is 1. The van der Waals surface area contributed by atoms with Gasteiger partial charge in [-0.2, -0.15) is 0 Å². The highest BCUT2D eigenvalue weighted by atomic mass is 19.1. The zero-order chi connectivity index (χ0) is 19.7. The Morgan fingerprint density at radius 1 is 0.964 bits per heavy atom. The van der Waals surface area contributed by atoms with Gasteiger partial charge in [0, 0.05) is 22.9 Å². The lowest BCUT2D eigenvalue weighted by atomic mass is 9.87. The summed E-state index contributed by atoms with van der Waals surface area (Å²) >= 11 is 0. The first-order chi connectivity index (χ1) is 13.6. The van der Waals surface area contributed by atoms with Crippen molar-refractivity contribution in [1.82, 2.24) is 4.57 Å². The fourth-order valence-electron chi connectivity index (χ4n) is 3.93. The smallest absolute Gasteiger partial charge is 0.214 e. The SMILES string of the molecule is Cn1c(-c2ccccc2)c([C@@H](C[N+](=O)[O-])c2ccc(F)cc2)c2ccccc21. The first-order valence-electron chi connectivity index (χ1n) is 9.06. The van der Waals surface area contributed by atoms with Gasteiger partial charge in [0.1, 0.15) is 5.82 Å². The third-order valence-electron chi connectivity index (χ3n) is 5.15. The summed E-state index contributed by atoms with van der Waals surface area (Å²) in [7, 11) is 1.97. The van der Waals surface area contributed by atoms with E-state index in [1.807, 2.05) is 61.6 Å². The fourth-order valence-corrected chi connectivity index (χ4v) is 3.93. The van der Waals surface area contributed by atoms with Crippen LogP contribution in [0.5, 0.6) is 0 Å². The van der Waals surface area contributed by atoms with Crippen molar-refractivity contribution in [2.75, 3.05) is 6.54 Å². The van der Waals surface area contributed by atoms with Crippen LogP contribution in [0.3, 0.4) is 0 Å². The Bertz CT molecular complexity index is 1130. The molecule has 0 aliphatic heterocycles. The van der Waals surface area contributed by atoms with Crippen molar-refractivity contribution in [3.8, 4) is 11.3 Å². The maximum atomic E-state index is 13.5. The van der Waals surface area contributed by atoms with Crippen molar-refractivity contribution in [1.29, 1.82) is 0 Å². The molecule has 0 spiro atoms. The summed E-state index contributed by atoms with van der Waals surface area (Å²) in [6, 6.07) is 23.8. The lowest BCUT2D eigenvalue weighted by Crippen LogP contribution is -2.15. The second-order valence-electron chi connectivity index (χ2n) is 6.82. The predicted molar refractivity (Wildman–Crippen MR) is 108 cm³/mol. The quantitative estimate of drug-likeness (QED) is 0.347. The molecule has 3 aromatic carbocycles. The zero-order valence-electron chi connectivity index (χ0n) is 15.4. The van der Waals surface area contributed by atoms with Gasteiger partial charge >= 0.3 is 0 Å². The Balaban J connectivity index is 2.04. The first-order valence-corrected chi connectivity index (χ1v) is 9.06. The molecule has 0 unspecified atom stereocenters. The average molecular weight is 374 g/mol. The number of rotatable bonds is 5. The van der Waals surface area contributed by atoms with Crippen molar-refractivity contribution in [3.05, 3.63) is 106 Å². The van der Waals surface area contributed by atoms with E-state index in [4.69, 9.17) is 0 Å². The molecule has 4 aromatic rings. The van der Waals surface area contributed by atoms with E-state index in [0.717, 1.165) is 33.3 Å². The Labute approximate surface area is 162 Å². The van der Waals surface area contributed by atoms with Gasteiger partial charge in [0.2, 0.25) is 6.54 Å². The molecule has 1 heterocycles. The van der Waals surface area contributed by atoms with Crippen LogP contribution in [0.4, 0.5) is 4.39 Å². The third kappa shape index (κ3) is 3.16. The minimum atomic E-state index is -0.489. The van der Waals surface area contributed by atoms with Crippen LogP contribution in [0, 0.1) is 15.9 Å². The lowest BCUT2D eigenvalue weighted by Gasteiger charge is -2.17. The van der Waals surface area contributed by atoms with Crippen LogP contribution in [-0.4, -0.2) is 16.0 Å². The predicted octanol–water partition coefficient (Wildman–Crippen LogP) is 5.39. The summed E-state index contributed by atoms with van der Waals surface area (Å²) in [5.41, 5.74) is 4.57. The van der Waals surface area contributed by atoms with E-state index in [1.54, 1.807) is 12.1 Å². The van der Waals surface area contributed by atoms with Gasteiger partial charge in [0.05, 0.1) is 11.6 Å². The second kappa shape index (κ2) is 7.27.